The SMILES string of the molecule is CCC(CNC1CC1)N1CC(C)CC(C)C1C. The van der Waals surface area contributed by atoms with E-state index in [0.29, 0.717) is 0 Å². The summed E-state index contributed by atoms with van der Waals surface area (Å²) < 4.78 is 0. The molecule has 1 saturated heterocycles. The van der Waals surface area contributed by atoms with E-state index >= 15 is 0 Å². The molecule has 0 spiro atoms. The quantitative estimate of drug-likeness (QED) is 0.792. The van der Waals surface area contributed by atoms with Crippen LogP contribution >= 0.6 is 0 Å². The van der Waals surface area contributed by atoms with Gasteiger partial charge in [-0.05, 0) is 44.4 Å². The second-order valence-corrected chi connectivity index (χ2v) is 6.50. The minimum atomic E-state index is 0.746. The molecule has 4 unspecified atom stereocenters. The Balaban J connectivity index is 1.90. The van der Waals surface area contributed by atoms with E-state index in [9.17, 15) is 0 Å². The summed E-state index contributed by atoms with van der Waals surface area (Å²) in [5.74, 6) is 1.73. The van der Waals surface area contributed by atoms with Gasteiger partial charge in [0.15, 0.2) is 0 Å². The van der Waals surface area contributed by atoms with Gasteiger partial charge in [0, 0.05) is 31.2 Å². The third-order valence-corrected chi connectivity index (χ3v) is 4.80. The van der Waals surface area contributed by atoms with Crippen molar-refractivity contribution in [1.29, 1.82) is 0 Å². The molecular weight excluding hydrogens is 208 g/mol. The Morgan fingerprint density at radius 1 is 1.24 bits per heavy atom. The highest BCUT2D eigenvalue weighted by Crippen LogP contribution is 2.29. The van der Waals surface area contributed by atoms with Crippen LogP contribution in [0, 0.1) is 11.8 Å². The van der Waals surface area contributed by atoms with Crippen LogP contribution in [-0.4, -0.2) is 36.1 Å². The average Bonchev–Trinajstić information content (AvgIpc) is 3.09. The minimum Gasteiger partial charge on any atom is -0.312 e. The molecule has 100 valence electrons. The van der Waals surface area contributed by atoms with E-state index in [-0.39, 0.29) is 0 Å². The van der Waals surface area contributed by atoms with Crippen LogP contribution in [0.5, 0.6) is 0 Å². The molecule has 1 aliphatic carbocycles. The third-order valence-electron chi connectivity index (χ3n) is 4.80. The molecule has 0 aromatic rings. The van der Waals surface area contributed by atoms with Gasteiger partial charge in [-0.3, -0.25) is 4.90 Å². The molecule has 0 aromatic carbocycles. The highest BCUT2D eigenvalue weighted by atomic mass is 15.2. The molecule has 2 aliphatic rings. The van der Waals surface area contributed by atoms with Crippen LogP contribution in [0.25, 0.3) is 0 Å². The smallest absolute Gasteiger partial charge is 0.0221 e. The van der Waals surface area contributed by atoms with E-state index in [0.717, 1.165) is 30.0 Å². The average molecular weight is 238 g/mol. The predicted molar refractivity (Wildman–Crippen MR) is 74.2 cm³/mol. The lowest BCUT2D eigenvalue weighted by atomic mass is 9.84. The van der Waals surface area contributed by atoms with Gasteiger partial charge in [-0.15, -0.1) is 0 Å². The molecule has 17 heavy (non-hydrogen) atoms. The standard InChI is InChI=1S/C15H30N2/c1-5-15(9-16-14-6-7-14)17-10-11(2)8-12(3)13(17)4/h11-16H,5-10H2,1-4H3. The third kappa shape index (κ3) is 3.45. The normalized spacial score (nSPS) is 37.1. The maximum atomic E-state index is 3.71. The van der Waals surface area contributed by atoms with Crippen LogP contribution < -0.4 is 5.32 Å². The monoisotopic (exact) mass is 238 g/mol. The molecule has 0 aromatic heterocycles. The Kier molecular flexibility index (Phi) is 4.48. The van der Waals surface area contributed by atoms with Crippen molar-refractivity contribution in [2.24, 2.45) is 11.8 Å². The molecule has 2 fully saturated rings. The molecule has 2 nitrogen and oxygen atoms in total. The first-order valence-corrected chi connectivity index (χ1v) is 7.61. The van der Waals surface area contributed by atoms with Crippen molar-refractivity contribution in [3.63, 3.8) is 0 Å². The fraction of sp³-hybridized carbons (Fsp3) is 1.00. The number of nitrogens with one attached hydrogen (secondary N) is 1. The summed E-state index contributed by atoms with van der Waals surface area (Å²) in [5.41, 5.74) is 0. The maximum Gasteiger partial charge on any atom is 0.0221 e. The zero-order valence-corrected chi connectivity index (χ0v) is 12.1. The number of rotatable bonds is 5. The first-order chi connectivity index (χ1) is 8.11. The Morgan fingerprint density at radius 3 is 2.53 bits per heavy atom. The summed E-state index contributed by atoms with van der Waals surface area (Å²) in [6, 6.07) is 2.35. The van der Waals surface area contributed by atoms with E-state index in [1.165, 1.54) is 38.8 Å². The molecule has 2 rings (SSSR count). The summed E-state index contributed by atoms with van der Waals surface area (Å²) >= 11 is 0. The molecule has 2 heteroatoms. The van der Waals surface area contributed by atoms with Crippen LogP contribution in [0.3, 0.4) is 0 Å². The number of hydrogen-bond acceptors (Lipinski definition) is 2. The highest BCUT2D eigenvalue weighted by molar-refractivity contribution is 4.89. The van der Waals surface area contributed by atoms with E-state index in [4.69, 9.17) is 0 Å². The Morgan fingerprint density at radius 2 is 1.94 bits per heavy atom. The van der Waals surface area contributed by atoms with Crippen LogP contribution in [0.1, 0.15) is 53.4 Å². The van der Waals surface area contributed by atoms with Gasteiger partial charge in [-0.1, -0.05) is 20.8 Å². The summed E-state index contributed by atoms with van der Waals surface area (Å²) in [6.07, 6.45) is 5.49. The molecular formula is C15H30N2. The molecule has 0 bridgehead atoms. The van der Waals surface area contributed by atoms with E-state index in [1.54, 1.807) is 0 Å². The van der Waals surface area contributed by atoms with Gasteiger partial charge >= 0.3 is 0 Å². The number of likely N-dealkylation sites (tertiary alicyclic amines) is 1. The molecule has 1 N–H and O–H groups in total. The first-order valence-electron chi connectivity index (χ1n) is 7.61. The van der Waals surface area contributed by atoms with Gasteiger partial charge in [-0.2, -0.15) is 0 Å². The number of hydrogen-bond donors (Lipinski definition) is 1. The van der Waals surface area contributed by atoms with Crippen molar-refractivity contribution in [3.8, 4) is 0 Å². The lowest BCUT2D eigenvalue weighted by Crippen LogP contribution is -2.53. The molecule has 1 aliphatic heterocycles. The summed E-state index contributed by atoms with van der Waals surface area (Å²) in [6.45, 7) is 12.1. The van der Waals surface area contributed by atoms with Crippen LogP contribution in [-0.2, 0) is 0 Å². The van der Waals surface area contributed by atoms with Crippen molar-refractivity contribution < 1.29 is 0 Å². The lowest BCUT2D eigenvalue weighted by molar-refractivity contribution is 0.0384. The summed E-state index contributed by atoms with van der Waals surface area (Å²) in [4.78, 5) is 2.77. The fourth-order valence-corrected chi connectivity index (χ4v) is 3.33. The van der Waals surface area contributed by atoms with Crippen molar-refractivity contribution in [2.45, 2.75) is 71.5 Å². The van der Waals surface area contributed by atoms with Gasteiger partial charge in [0.25, 0.3) is 0 Å². The van der Waals surface area contributed by atoms with Crippen molar-refractivity contribution in [3.05, 3.63) is 0 Å². The van der Waals surface area contributed by atoms with Gasteiger partial charge in [0.05, 0.1) is 0 Å². The summed E-state index contributed by atoms with van der Waals surface area (Å²) in [7, 11) is 0. The molecule has 1 heterocycles. The van der Waals surface area contributed by atoms with E-state index in [2.05, 4.69) is 37.9 Å². The fourth-order valence-electron chi connectivity index (χ4n) is 3.33. The number of nitrogens with zero attached hydrogens (tertiary/aromatic N) is 1. The first kappa shape index (κ1) is 13.4. The van der Waals surface area contributed by atoms with Gasteiger partial charge in [0.2, 0.25) is 0 Å². The van der Waals surface area contributed by atoms with E-state index in [1.807, 2.05) is 0 Å². The van der Waals surface area contributed by atoms with Gasteiger partial charge in [0.1, 0.15) is 0 Å². The Bertz CT molecular complexity index is 237. The topological polar surface area (TPSA) is 15.3 Å². The predicted octanol–water partition coefficient (Wildman–Crippen LogP) is 2.88. The Hall–Kier alpha value is -0.0800. The number of piperidine rings is 1. The van der Waals surface area contributed by atoms with Gasteiger partial charge < -0.3 is 5.32 Å². The Labute approximate surface area is 107 Å². The summed E-state index contributed by atoms with van der Waals surface area (Å²) in [5, 5.41) is 3.71. The van der Waals surface area contributed by atoms with Crippen LogP contribution in [0.4, 0.5) is 0 Å². The van der Waals surface area contributed by atoms with Crippen LogP contribution in [0.2, 0.25) is 0 Å². The van der Waals surface area contributed by atoms with Crippen molar-refractivity contribution in [1.82, 2.24) is 10.2 Å². The lowest BCUT2D eigenvalue weighted by Gasteiger charge is -2.45. The minimum absolute atomic E-state index is 0.746. The van der Waals surface area contributed by atoms with Crippen molar-refractivity contribution in [2.75, 3.05) is 13.1 Å². The zero-order chi connectivity index (χ0) is 12.4. The molecule has 0 amide bonds. The van der Waals surface area contributed by atoms with Crippen LogP contribution in [0.15, 0.2) is 0 Å². The maximum absolute atomic E-state index is 3.71. The zero-order valence-electron chi connectivity index (χ0n) is 12.1. The second kappa shape index (κ2) is 5.71. The van der Waals surface area contributed by atoms with Crippen molar-refractivity contribution >= 4 is 0 Å². The molecule has 4 atom stereocenters. The second-order valence-electron chi connectivity index (χ2n) is 6.50. The van der Waals surface area contributed by atoms with E-state index < -0.39 is 0 Å². The molecule has 1 saturated carbocycles. The van der Waals surface area contributed by atoms with Gasteiger partial charge in [-0.25, -0.2) is 0 Å². The highest BCUT2D eigenvalue weighted by Gasteiger charge is 2.33. The largest absolute Gasteiger partial charge is 0.312 e. The molecule has 0 radical (unpaired) electrons.